The molecular formula is C16H32N2O. The van der Waals surface area contributed by atoms with Crippen molar-refractivity contribution >= 4 is 5.91 Å². The first-order valence-corrected chi connectivity index (χ1v) is 8.11. The van der Waals surface area contributed by atoms with Crippen LogP contribution in [0.25, 0.3) is 0 Å². The summed E-state index contributed by atoms with van der Waals surface area (Å²) in [5, 5.41) is 0. The molecule has 1 unspecified atom stereocenters. The second kappa shape index (κ2) is 8.57. The number of nitrogens with two attached hydrogens (primary N) is 1. The van der Waals surface area contributed by atoms with Crippen LogP contribution in [0.4, 0.5) is 0 Å². The van der Waals surface area contributed by atoms with Crippen molar-refractivity contribution in [3.63, 3.8) is 0 Å². The van der Waals surface area contributed by atoms with Gasteiger partial charge in [0.05, 0.1) is 0 Å². The summed E-state index contributed by atoms with van der Waals surface area (Å²) in [6, 6.07) is 0.853. The lowest BCUT2D eigenvalue weighted by atomic mass is 9.92. The van der Waals surface area contributed by atoms with Crippen LogP contribution in [0.3, 0.4) is 0 Å². The number of nitrogens with zero attached hydrogens (tertiary/aromatic N) is 1. The summed E-state index contributed by atoms with van der Waals surface area (Å²) in [5.41, 5.74) is 5.66. The maximum absolute atomic E-state index is 12.4. The fourth-order valence-electron chi connectivity index (χ4n) is 3.45. The third-order valence-corrected chi connectivity index (χ3v) is 4.52. The summed E-state index contributed by atoms with van der Waals surface area (Å²) in [5.74, 6) is 0.993. The number of hydrogen-bond donors (Lipinski definition) is 1. The third kappa shape index (κ3) is 5.13. The molecule has 0 spiro atoms. The van der Waals surface area contributed by atoms with Crippen LogP contribution in [0.5, 0.6) is 0 Å². The van der Waals surface area contributed by atoms with E-state index in [9.17, 15) is 4.79 Å². The van der Waals surface area contributed by atoms with Gasteiger partial charge in [0.2, 0.25) is 5.91 Å². The molecule has 3 heteroatoms. The van der Waals surface area contributed by atoms with Crippen LogP contribution in [0, 0.1) is 5.92 Å². The maximum atomic E-state index is 12.4. The molecule has 0 bridgehead atoms. The van der Waals surface area contributed by atoms with Crippen molar-refractivity contribution in [3.8, 4) is 0 Å². The van der Waals surface area contributed by atoms with Crippen molar-refractivity contribution in [3.05, 3.63) is 0 Å². The van der Waals surface area contributed by atoms with Gasteiger partial charge in [-0.2, -0.15) is 0 Å². The fourth-order valence-corrected chi connectivity index (χ4v) is 3.45. The van der Waals surface area contributed by atoms with Gasteiger partial charge >= 0.3 is 0 Å². The van der Waals surface area contributed by atoms with Crippen molar-refractivity contribution in [2.24, 2.45) is 11.7 Å². The van der Waals surface area contributed by atoms with Crippen molar-refractivity contribution in [2.75, 3.05) is 6.54 Å². The Morgan fingerprint density at radius 3 is 2.37 bits per heavy atom. The Bertz CT molecular complexity index is 251. The topological polar surface area (TPSA) is 46.3 Å². The minimum Gasteiger partial charge on any atom is -0.337 e. The monoisotopic (exact) mass is 268 g/mol. The standard InChI is InChI=1S/C16H32N2O/c1-4-6-15(11-12-17)9-10-16(19)18-13(2)7-5-8-14(18)3/h13-15H,4-12,17H2,1-3H3/t13-,14+,15?. The van der Waals surface area contributed by atoms with E-state index in [2.05, 4.69) is 25.7 Å². The zero-order valence-corrected chi connectivity index (χ0v) is 13.0. The predicted octanol–water partition coefficient (Wildman–Crippen LogP) is 3.32. The molecule has 3 nitrogen and oxygen atoms in total. The predicted molar refractivity (Wildman–Crippen MR) is 80.9 cm³/mol. The highest BCUT2D eigenvalue weighted by Crippen LogP contribution is 2.25. The summed E-state index contributed by atoms with van der Waals surface area (Å²) >= 11 is 0. The second-order valence-electron chi connectivity index (χ2n) is 6.20. The lowest BCUT2D eigenvalue weighted by Crippen LogP contribution is -2.47. The highest BCUT2D eigenvalue weighted by molar-refractivity contribution is 5.77. The van der Waals surface area contributed by atoms with Gasteiger partial charge in [0.25, 0.3) is 0 Å². The Morgan fingerprint density at radius 2 is 1.84 bits per heavy atom. The second-order valence-corrected chi connectivity index (χ2v) is 6.20. The van der Waals surface area contributed by atoms with E-state index in [0.29, 0.717) is 30.3 Å². The SMILES string of the molecule is CCCC(CCN)CCC(=O)N1[C@H](C)CCC[C@@H]1C. The fraction of sp³-hybridized carbons (Fsp3) is 0.938. The molecule has 112 valence electrons. The molecule has 1 heterocycles. The number of carbonyl (C=O) groups excluding carboxylic acids is 1. The van der Waals surface area contributed by atoms with E-state index < -0.39 is 0 Å². The van der Waals surface area contributed by atoms with Gasteiger partial charge in [0.15, 0.2) is 0 Å². The Balaban J connectivity index is 2.44. The first-order valence-electron chi connectivity index (χ1n) is 8.11. The number of carbonyl (C=O) groups is 1. The van der Waals surface area contributed by atoms with Gasteiger partial charge in [-0.15, -0.1) is 0 Å². The van der Waals surface area contributed by atoms with Gasteiger partial charge in [-0.3, -0.25) is 4.79 Å². The van der Waals surface area contributed by atoms with E-state index in [1.807, 2.05) is 0 Å². The van der Waals surface area contributed by atoms with E-state index in [4.69, 9.17) is 5.73 Å². The Morgan fingerprint density at radius 1 is 1.21 bits per heavy atom. The Hall–Kier alpha value is -0.570. The van der Waals surface area contributed by atoms with Crippen LogP contribution in [-0.4, -0.2) is 29.4 Å². The molecule has 19 heavy (non-hydrogen) atoms. The first kappa shape index (κ1) is 16.5. The van der Waals surface area contributed by atoms with Crippen molar-refractivity contribution in [1.82, 2.24) is 4.90 Å². The zero-order valence-electron chi connectivity index (χ0n) is 13.0. The van der Waals surface area contributed by atoms with Gasteiger partial charge in [0, 0.05) is 18.5 Å². The molecule has 1 aliphatic heterocycles. The van der Waals surface area contributed by atoms with E-state index in [1.54, 1.807) is 0 Å². The molecule has 3 atom stereocenters. The number of likely N-dealkylation sites (tertiary alicyclic amines) is 1. The first-order chi connectivity index (χ1) is 9.10. The maximum Gasteiger partial charge on any atom is 0.223 e. The molecule has 0 aromatic rings. The molecule has 1 saturated heterocycles. The highest BCUT2D eigenvalue weighted by atomic mass is 16.2. The largest absolute Gasteiger partial charge is 0.337 e. The lowest BCUT2D eigenvalue weighted by molar-refractivity contribution is -0.137. The average Bonchev–Trinajstić information content (AvgIpc) is 2.36. The molecule has 1 aliphatic rings. The van der Waals surface area contributed by atoms with Gasteiger partial charge < -0.3 is 10.6 Å². The zero-order chi connectivity index (χ0) is 14.3. The van der Waals surface area contributed by atoms with Gasteiger partial charge in [-0.25, -0.2) is 0 Å². The van der Waals surface area contributed by atoms with Gasteiger partial charge in [0.1, 0.15) is 0 Å². The molecule has 0 aliphatic carbocycles. The van der Waals surface area contributed by atoms with E-state index in [0.717, 1.165) is 32.2 Å². The summed E-state index contributed by atoms with van der Waals surface area (Å²) in [4.78, 5) is 14.6. The number of piperidine rings is 1. The Kier molecular flexibility index (Phi) is 7.44. The minimum atomic E-state index is 0.359. The van der Waals surface area contributed by atoms with Crippen LogP contribution >= 0.6 is 0 Å². The highest BCUT2D eigenvalue weighted by Gasteiger charge is 2.28. The van der Waals surface area contributed by atoms with Gasteiger partial charge in [-0.1, -0.05) is 19.8 Å². The molecule has 1 amide bonds. The molecule has 1 rings (SSSR count). The summed E-state index contributed by atoms with van der Waals surface area (Å²) < 4.78 is 0. The average molecular weight is 268 g/mol. The van der Waals surface area contributed by atoms with Crippen LogP contribution < -0.4 is 5.73 Å². The van der Waals surface area contributed by atoms with Crippen molar-refractivity contribution in [1.29, 1.82) is 0 Å². The minimum absolute atomic E-state index is 0.359. The molecule has 0 aromatic carbocycles. The molecule has 0 aromatic heterocycles. The van der Waals surface area contributed by atoms with Crippen LogP contribution in [0.1, 0.15) is 72.1 Å². The number of hydrogen-bond acceptors (Lipinski definition) is 2. The van der Waals surface area contributed by atoms with E-state index >= 15 is 0 Å². The quantitative estimate of drug-likeness (QED) is 0.770. The van der Waals surface area contributed by atoms with E-state index in [1.165, 1.54) is 19.3 Å². The molecule has 1 fully saturated rings. The van der Waals surface area contributed by atoms with Crippen LogP contribution in [-0.2, 0) is 4.79 Å². The summed E-state index contributed by atoms with van der Waals surface area (Å²) in [7, 11) is 0. The Labute approximate surface area is 118 Å². The van der Waals surface area contributed by atoms with E-state index in [-0.39, 0.29) is 0 Å². The van der Waals surface area contributed by atoms with Gasteiger partial charge in [-0.05, 0) is 58.4 Å². The lowest BCUT2D eigenvalue weighted by Gasteiger charge is -2.39. The number of rotatable bonds is 7. The molecule has 0 saturated carbocycles. The third-order valence-electron chi connectivity index (χ3n) is 4.52. The van der Waals surface area contributed by atoms with Crippen molar-refractivity contribution in [2.45, 2.75) is 84.2 Å². The molecule has 2 N–H and O–H groups in total. The summed E-state index contributed by atoms with van der Waals surface area (Å²) in [6.07, 6.45) is 8.77. The number of amides is 1. The molecule has 0 radical (unpaired) electrons. The van der Waals surface area contributed by atoms with Crippen LogP contribution in [0.15, 0.2) is 0 Å². The van der Waals surface area contributed by atoms with Crippen molar-refractivity contribution < 1.29 is 4.79 Å². The van der Waals surface area contributed by atoms with Crippen LogP contribution in [0.2, 0.25) is 0 Å². The normalized spacial score (nSPS) is 25.4. The molecular weight excluding hydrogens is 236 g/mol. The summed E-state index contributed by atoms with van der Waals surface area (Å²) in [6.45, 7) is 7.34. The smallest absolute Gasteiger partial charge is 0.223 e.